The average Bonchev–Trinajstić information content (AvgIpc) is 2.62. The van der Waals surface area contributed by atoms with Gasteiger partial charge in [0.05, 0.1) is 18.2 Å². The molecule has 4 nitrogen and oxygen atoms in total. The van der Waals surface area contributed by atoms with Gasteiger partial charge in [-0.25, -0.2) is 0 Å². The Morgan fingerprint density at radius 2 is 2.00 bits per heavy atom. The molecule has 1 heterocycles. The Kier molecular flexibility index (Phi) is 3.27. The van der Waals surface area contributed by atoms with Crippen molar-refractivity contribution in [3.8, 4) is 5.75 Å². The molecule has 0 bridgehead atoms. The number of carbonyl (C=O) groups excluding carboxylic acids is 1. The maximum Gasteiger partial charge on any atom is 0.254 e. The summed E-state index contributed by atoms with van der Waals surface area (Å²) in [6.45, 7) is 7.80. The van der Waals surface area contributed by atoms with E-state index in [1.165, 1.54) is 0 Å². The third kappa shape index (κ3) is 2.57. The molecule has 1 amide bonds. The lowest BCUT2D eigenvalue weighted by Crippen LogP contribution is -2.40. The van der Waals surface area contributed by atoms with Crippen molar-refractivity contribution in [2.24, 2.45) is 0 Å². The molecule has 0 atom stereocenters. The normalized spacial score (nSPS) is 11.6. The number of aromatic amines is 1. The number of benzene rings is 1. The third-order valence-corrected chi connectivity index (χ3v) is 2.92. The summed E-state index contributed by atoms with van der Waals surface area (Å²) in [5.41, 5.74) is 2.14. The molecule has 0 aliphatic carbocycles. The van der Waals surface area contributed by atoms with E-state index >= 15 is 0 Å². The summed E-state index contributed by atoms with van der Waals surface area (Å²) in [4.78, 5) is 15.6. The molecule has 4 heteroatoms. The SMILES string of the molecule is COc1cccc2c(C(=O)NC(C)(C)C)c(C)[nH]c12. The van der Waals surface area contributed by atoms with Crippen molar-refractivity contribution >= 4 is 16.8 Å². The summed E-state index contributed by atoms with van der Waals surface area (Å²) in [6.07, 6.45) is 0. The lowest BCUT2D eigenvalue weighted by atomic mass is 10.1. The van der Waals surface area contributed by atoms with Crippen molar-refractivity contribution in [1.29, 1.82) is 0 Å². The zero-order chi connectivity index (χ0) is 14.2. The van der Waals surface area contributed by atoms with Gasteiger partial charge >= 0.3 is 0 Å². The smallest absolute Gasteiger partial charge is 0.254 e. The number of hydrogen-bond donors (Lipinski definition) is 2. The molecule has 0 saturated carbocycles. The van der Waals surface area contributed by atoms with Crippen LogP contribution in [0.3, 0.4) is 0 Å². The number of aryl methyl sites for hydroxylation is 1. The van der Waals surface area contributed by atoms with Crippen LogP contribution in [0.15, 0.2) is 18.2 Å². The maximum atomic E-state index is 12.4. The van der Waals surface area contributed by atoms with Crippen LogP contribution >= 0.6 is 0 Å². The highest BCUT2D eigenvalue weighted by Gasteiger charge is 2.21. The first-order valence-corrected chi connectivity index (χ1v) is 6.31. The standard InChI is InChI=1S/C15H20N2O2/c1-9-12(14(18)17-15(2,3)4)10-7-6-8-11(19-5)13(10)16-9/h6-8,16H,1-5H3,(H,17,18). The Balaban J connectivity index is 2.55. The summed E-state index contributed by atoms with van der Waals surface area (Å²) in [5.74, 6) is 0.680. The molecule has 1 aromatic carbocycles. The first-order chi connectivity index (χ1) is 8.83. The van der Waals surface area contributed by atoms with E-state index < -0.39 is 0 Å². The van der Waals surface area contributed by atoms with E-state index in [-0.39, 0.29) is 11.4 Å². The van der Waals surface area contributed by atoms with E-state index in [4.69, 9.17) is 4.74 Å². The van der Waals surface area contributed by atoms with Gasteiger partial charge in [0.25, 0.3) is 5.91 Å². The van der Waals surface area contributed by atoms with Gasteiger partial charge in [-0.05, 0) is 33.8 Å². The van der Waals surface area contributed by atoms with Crippen LogP contribution in [-0.4, -0.2) is 23.5 Å². The molecule has 0 unspecified atom stereocenters. The van der Waals surface area contributed by atoms with Gasteiger partial charge in [-0.15, -0.1) is 0 Å². The van der Waals surface area contributed by atoms with Crippen LogP contribution in [0.4, 0.5) is 0 Å². The minimum Gasteiger partial charge on any atom is -0.495 e. The van der Waals surface area contributed by atoms with E-state index in [1.54, 1.807) is 7.11 Å². The van der Waals surface area contributed by atoms with Crippen molar-refractivity contribution in [3.05, 3.63) is 29.5 Å². The quantitative estimate of drug-likeness (QED) is 0.872. The molecule has 0 aliphatic heterocycles. The lowest BCUT2D eigenvalue weighted by molar-refractivity contribution is 0.0920. The van der Waals surface area contributed by atoms with Gasteiger partial charge in [-0.3, -0.25) is 4.79 Å². The van der Waals surface area contributed by atoms with Crippen LogP contribution in [0, 0.1) is 6.92 Å². The maximum absolute atomic E-state index is 12.4. The Labute approximate surface area is 113 Å². The molecule has 2 aromatic rings. The summed E-state index contributed by atoms with van der Waals surface area (Å²) in [7, 11) is 1.62. The van der Waals surface area contributed by atoms with Gasteiger partial charge in [-0.2, -0.15) is 0 Å². The highest BCUT2D eigenvalue weighted by molar-refractivity contribution is 6.09. The summed E-state index contributed by atoms with van der Waals surface area (Å²) in [6, 6.07) is 5.70. The molecule has 0 radical (unpaired) electrons. The first kappa shape index (κ1) is 13.5. The molecule has 2 N–H and O–H groups in total. The summed E-state index contributed by atoms with van der Waals surface area (Å²) >= 11 is 0. The second kappa shape index (κ2) is 4.61. The number of rotatable bonds is 2. The molecule has 19 heavy (non-hydrogen) atoms. The Morgan fingerprint density at radius 1 is 1.32 bits per heavy atom. The van der Waals surface area contributed by atoms with Gasteiger partial charge in [-0.1, -0.05) is 12.1 Å². The fourth-order valence-electron chi connectivity index (χ4n) is 2.19. The molecular weight excluding hydrogens is 240 g/mol. The Hall–Kier alpha value is -1.97. The molecule has 0 spiro atoms. The minimum absolute atomic E-state index is 0.0653. The average molecular weight is 260 g/mol. The van der Waals surface area contributed by atoms with Gasteiger partial charge < -0.3 is 15.0 Å². The number of carbonyl (C=O) groups is 1. The Bertz CT molecular complexity index is 621. The molecule has 0 saturated heterocycles. The van der Waals surface area contributed by atoms with Crippen molar-refractivity contribution in [2.75, 3.05) is 7.11 Å². The van der Waals surface area contributed by atoms with Gasteiger partial charge in [0.15, 0.2) is 0 Å². The van der Waals surface area contributed by atoms with Crippen molar-refractivity contribution in [1.82, 2.24) is 10.3 Å². The third-order valence-electron chi connectivity index (χ3n) is 2.92. The second-order valence-electron chi connectivity index (χ2n) is 5.71. The number of hydrogen-bond acceptors (Lipinski definition) is 2. The van der Waals surface area contributed by atoms with Crippen LogP contribution in [0.25, 0.3) is 10.9 Å². The van der Waals surface area contributed by atoms with Gasteiger partial charge in [0.2, 0.25) is 0 Å². The molecule has 102 valence electrons. The molecular formula is C15H20N2O2. The molecule has 0 aliphatic rings. The number of amides is 1. The molecule has 1 aromatic heterocycles. The number of aromatic nitrogens is 1. The Morgan fingerprint density at radius 3 is 2.58 bits per heavy atom. The lowest BCUT2D eigenvalue weighted by Gasteiger charge is -2.20. The zero-order valence-electron chi connectivity index (χ0n) is 12.0. The van der Waals surface area contributed by atoms with E-state index in [0.29, 0.717) is 5.56 Å². The first-order valence-electron chi connectivity index (χ1n) is 6.31. The van der Waals surface area contributed by atoms with Crippen LogP contribution in [0.1, 0.15) is 36.8 Å². The largest absolute Gasteiger partial charge is 0.495 e. The predicted octanol–water partition coefficient (Wildman–Crippen LogP) is 3.01. The van der Waals surface area contributed by atoms with Crippen LogP contribution < -0.4 is 10.1 Å². The number of ether oxygens (including phenoxy) is 1. The monoisotopic (exact) mass is 260 g/mol. The van der Waals surface area contributed by atoms with E-state index in [9.17, 15) is 4.79 Å². The zero-order valence-corrected chi connectivity index (χ0v) is 12.0. The van der Waals surface area contributed by atoms with E-state index in [0.717, 1.165) is 22.3 Å². The summed E-state index contributed by atoms with van der Waals surface area (Å²) < 4.78 is 5.31. The fourth-order valence-corrected chi connectivity index (χ4v) is 2.19. The van der Waals surface area contributed by atoms with Crippen LogP contribution in [0.2, 0.25) is 0 Å². The minimum atomic E-state index is -0.258. The highest BCUT2D eigenvalue weighted by Crippen LogP contribution is 2.29. The highest BCUT2D eigenvalue weighted by atomic mass is 16.5. The number of fused-ring (bicyclic) bond motifs is 1. The molecule has 0 fully saturated rings. The topological polar surface area (TPSA) is 54.1 Å². The molecule has 2 rings (SSSR count). The van der Waals surface area contributed by atoms with E-state index in [1.807, 2.05) is 45.9 Å². The van der Waals surface area contributed by atoms with Crippen molar-refractivity contribution in [3.63, 3.8) is 0 Å². The predicted molar refractivity (Wildman–Crippen MR) is 76.8 cm³/mol. The number of nitrogens with one attached hydrogen (secondary N) is 2. The van der Waals surface area contributed by atoms with Crippen molar-refractivity contribution in [2.45, 2.75) is 33.2 Å². The van der Waals surface area contributed by atoms with Crippen molar-refractivity contribution < 1.29 is 9.53 Å². The number of methoxy groups -OCH3 is 1. The van der Waals surface area contributed by atoms with Gasteiger partial charge in [0.1, 0.15) is 5.75 Å². The summed E-state index contributed by atoms with van der Waals surface area (Å²) in [5, 5.41) is 3.88. The van der Waals surface area contributed by atoms with Crippen LogP contribution in [-0.2, 0) is 0 Å². The number of H-pyrrole nitrogens is 1. The van der Waals surface area contributed by atoms with E-state index in [2.05, 4.69) is 10.3 Å². The number of para-hydroxylation sites is 1. The van der Waals surface area contributed by atoms with Gasteiger partial charge in [0, 0.05) is 16.6 Å². The fraction of sp³-hybridized carbons (Fsp3) is 0.400. The second-order valence-corrected chi connectivity index (χ2v) is 5.71. The van der Waals surface area contributed by atoms with Crippen LogP contribution in [0.5, 0.6) is 5.75 Å².